The van der Waals surface area contributed by atoms with E-state index in [-0.39, 0.29) is 25.7 Å². The first-order chi connectivity index (χ1) is 50.2. The van der Waals surface area contributed by atoms with E-state index in [4.69, 9.17) is 37.0 Å². The van der Waals surface area contributed by atoms with E-state index in [0.29, 0.717) is 31.6 Å². The summed E-state index contributed by atoms with van der Waals surface area (Å²) in [4.78, 5) is 73.1. The topological polar surface area (TPSA) is 237 Å². The van der Waals surface area contributed by atoms with Gasteiger partial charge in [-0.2, -0.15) is 0 Å². The lowest BCUT2D eigenvalue weighted by Gasteiger charge is -2.21. The number of carbonyl (C=O) groups excluding carboxylic acids is 4. The normalized spacial score (nSPS) is 13.9. The van der Waals surface area contributed by atoms with E-state index in [2.05, 4.69) is 48.5 Å². The Morgan fingerprint density at radius 1 is 0.260 bits per heavy atom. The van der Waals surface area contributed by atoms with E-state index in [1.54, 1.807) is 0 Å². The van der Waals surface area contributed by atoms with Gasteiger partial charge in [-0.05, 0) is 43.4 Å². The Bertz CT molecular complexity index is 2010. The summed E-state index contributed by atoms with van der Waals surface area (Å²) in [6.07, 6.45) is 65.4. The van der Waals surface area contributed by atoms with Crippen LogP contribution in [0.5, 0.6) is 0 Å². The summed E-state index contributed by atoms with van der Waals surface area (Å²) >= 11 is 0. The van der Waals surface area contributed by atoms with E-state index < -0.39 is 97.5 Å². The quantitative estimate of drug-likeness (QED) is 0.0222. The molecular weight excluding hydrogens is 1350 g/mol. The molecule has 0 amide bonds. The molecule has 0 saturated heterocycles. The van der Waals surface area contributed by atoms with Crippen LogP contribution < -0.4 is 0 Å². The molecule has 0 radical (unpaired) electrons. The molecule has 618 valence electrons. The second kappa shape index (κ2) is 75.1. The molecule has 0 aromatic rings. The van der Waals surface area contributed by atoms with Crippen molar-refractivity contribution in [3.63, 3.8) is 0 Å². The highest BCUT2D eigenvalue weighted by Crippen LogP contribution is 2.45. The van der Waals surface area contributed by atoms with Crippen LogP contribution >= 0.6 is 15.6 Å². The zero-order valence-corrected chi connectivity index (χ0v) is 70.3. The molecule has 0 aliphatic rings. The summed E-state index contributed by atoms with van der Waals surface area (Å²) in [5, 5.41) is 10.7. The molecule has 0 aliphatic carbocycles. The molecule has 104 heavy (non-hydrogen) atoms. The zero-order valence-electron chi connectivity index (χ0n) is 68.5. The average molecular weight is 1520 g/mol. The van der Waals surface area contributed by atoms with Crippen LogP contribution in [0.1, 0.15) is 447 Å². The third kappa shape index (κ3) is 78.2. The second-order valence-electron chi connectivity index (χ2n) is 32.0. The van der Waals surface area contributed by atoms with Gasteiger partial charge in [0.2, 0.25) is 0 Å². The number of hydrogen-bond donors (Lipinski definition) is 3. The van der Waals surface area contributed by atoms with Gasteiger partial charge in [0, 0.05) is 25.7 Å². The molecule has 0 aromatic carbocycles. The first kappa shape index (κ1) is 102. The summed E-state index contributed by atoms with van der Waals surface area (Å²) in [7, 11) is -9.93. The van der Waals surface area contributed by atoms with Gasteiger partial charge in [0.15, 0.2) is 12.2 Å². The van der Waals surface area contributed by atoms with Crippen LogP contribution in [-0.4, -0.2) is 96.7 Å². The fourth-order valence-corrected chi connectivity index (χ4v) is 14.8. The molecule has 0 aromatic heterocycles. The number of aliphatic hydroxyl groups is 1. The van der Waals surface area contributed by atoms with E-state index >= 15 is 0 Å². The molecule has 0 saturated carbocycles. The van der Waals surface area contributed by atoms with Crippen molar-refractivity contribution in [3.05, 3.63) is 0 Å². The molecule has 17 nitrogen and oxygen atoms in total. The van der Waals surface area contributed by atoms with Crippen LogP contribution in [-0.2, 0) is 65.4 Å². The maximum absolute atomic E-state index is 13.1. The van der Waals surface area contributed by atoms with Crippen LogP contribution in [0.4, 0.5) is 0 Å². The number of phosphoric ester groups is 2. The predicted molar refractivity (Wildman–Crippen MR) is 428 cm³/mol. The third-order valence-corrected chi connectivity index (χ3v) is 21.8. The van der Waals surface area contributed by atoms with Gasteiger partial charge < -0.3 is 33.8 Å². The van der Waals surface area contributed by atoms with E-state index in [1.165, 1.54) is 250 Å². The van der Waals surface area contributed by atoms with E-state index in [9.17, 15) is 43.2 Å². The molecule has 5 atom stereocenters. The van der Waals surface area contributed by atoms with Crippen LogP contribution in [0, 0.1) is 17.8 Å². The van der Waals surface area contributed by atoms with Crippen LogP contribution in [0.15, 0.2) is 0 Å². The highest BCUT2D eigenvalue weighted by Gasteiger charge is 2.30. The zero-order chi connectivity index (χ0) is 76.5. The molecule has 0 spiro atoms. The largest absolute Gasteiger partial charge is 0.472 e. The van der Waals surface area contributed by atoms with Crippen LogP contribution in [0.3, 0.4) is 0 Å². The lowest BCUT2D eigenvalue weighted by atomic mass is 10.0. The summed E-state index contributed by atoms with van der Waals surface area (Å²) in [6, 6.07) is 0. The Morgan fingerprint density at radius 2 is 0.442 bits per heavy atom. The smallest absolute Gasteiger partial charge is 0.462 e. The monoisotopic (exact) mass is 1520 g/mol. The Hall–Kier alpha value is -1.94. The first-order valence-corrected chi connectivity index (χ1v) is 46.8. The van der Waals surface area contributed by atoms with Crippen molar-refractivity contribution < 1.29 is 80.2 Å². The van der Waals surface area contributed by atoms with Crippen molar-refractivity contribution in [2.24, 2.45) is 17.8 Å². The molecule has 0 aliphatic heterocycles. The molecule has 0 bridgehead atoms. The lowest BCUT2D eigenvalue weighted by molar-refractivity contribution is -0.161. The Morgan fingerprint density at radius 3 is 0.654 bits per heavy atom. The fraction of sp³-hybridized carbons (Fsp3) is 0.953. The number of rotatable bonds is 83. The van der Waals surface area contributed by atoms with Gasteiger partial charge in [0.05, 0.1) is 26.4 Å². The fourth-order valence-electron chi connectivity index (χ4n) is 13.2. The molecule has 0 fully saturated rings. The van der Waals surface area contributed by atoms with Crippen LogP contribution in [0.25, 0.3) is 0 Å². The minimum atomic E-state index is -4.97. The van der Waals surface area contributed by atoms with Gasteiger partial charge in [-0.3, -0.25) is 37.3 Å². The first-order valence-electron chi connectivity index (χ1n) is 43.8. The summed E-state index contributed by atoms with van der Waals surface area (Å²) in [5.41, 5.74) is 0. The highest BCUT2D eigenvalue weighted by atomic mass is 31.2. The van der Waals surface area contributed by atoms with Gasteiger partial charge in [0.25, 0.3) is 0 Å². The molecular formula is C85H166O17P2. The number of hydrogen-bond acceptors (Lipinski definition) is 15. The number of phosphoric acid groups is 2. The Labute approximate surface area is 638 Å². The van der Waals surface area contributed by atoms with Crippen molar-refractivity contribution in [1.29, 1.82) is 0 Å². The number of carbonyl (C=O) groups is 4. The predicted octanol–water partition coefficient (Wildman–Crippen LogP) is 25.7. The maximum atomic E-state index is 13.1. The van der Waals surface area contributed by atoms with Crippen molar-refractivity contribution in [3.8, 4) is 0 Å². The Kier molecular flexibility index (Phi) is 73.7. The number of aliphatic hydroxyl groups excluding tert-OH is 1. The van der Waals surface area contributed by atoms with Crippen molar-refractivity contribution >= 4 is 39.5 Å². The molecule has 2 unspecified atom stereocenters. The number of esters is 4. The SMILES string of the molecule is CCCCCCCCCCCCCCCCCCCCC(=O)O[C@H](COC(=O)CCCCCCCCC(C)C)COP(=O)(O)OC[C@H](O)COP(=O)(O)OC[C@@H](COC(=O)CCCCCCCCCCCCCCCCCC(C)C)OC(=O)CCCCCCCCCCCCCCCCCCC(C)C. The van der Waals surface area contributed by atoms with Gasteiger partial charge in [-0.25, -0.2) is 9.13 Å². The molecule has 3 N–H and O–H groups in total. The third-order valence-electron chi connectivity index (χ3n) is 19.9. The van der Waals surface area contributed by atoms with Gasteiger partial charge in [0.1, 0.15) is 19.3 Å². The van der Waals surface area contributed by atoms with Gasteiger partial charge >= 0.3 is 39.5 Å². The van der Waals surface area contributed by atoms with E-state index in [0.717, 1.165) is 108 Å². The van der Waals surface area contributed by atoms with Crippen molar-refractivity contribution in [2.45, 2.75) is 465 Å². The summed E-state index contributed by atoms with van der Waals surface area (Å²) in [5.74, 6) is 0.187. The minimum absolute atomic E-state index is 0.108. The minimum Gasteiger partial charge on any atom is -0.462 e. The second-order valence-corrected chi connectivity index (χ2v) is 34.9. The van der Waals surface area contributed by atoms with Gasteiger partial charge in [-0.1, -0.05) is 395 Å². The van der Waals surface area contributed by atoms with Crippen LogP contribution in [0.2, 0.25) is 0 Å². The summed E-state index contributed by atoms with van der Waals surface area (Å²) < 4.78 is 68.8. The number of ether oxygens (including phenoxy) is 4. The molecule has 0 rings (SSSR count). The highest BCUT2D eigenvalue weighted by molar-refractivity contribution is 7.47. The van der Waals surface area contributed by atoms with Crippen molar-refractivity contribution in [2.75, 3.05) is 39.6 Å². The lowest BCUT2D eigenvalue weighted by Crippen LogP contribution is -2.30. The van der Waals surface area contributed by atoms with Gasteiger partial charge in [-0.15, -0.1) is 0 Å². The van der Waals surface area contributed by atoms with Crippen molar-refractivity contribution in [1.82, 2.24) is 0 Å². The molecule has 0 heterocycles. The summed E-state index contributed by atoms with van der Waals surface area (Å²) in [6.45, 7) is 11.9. The Balaban J connectivity index is 5.22. The number of unbranched alkanes of at least 4 members (excludes halogenated alkanes) is 51. The molecule has 19 heteroatoms. The maximum Gasteiger partial charge on any atom is 0.472 e. The standard InChI is InChI=1S/C85H166O17P2/c1-8-9-10-11-12-13-14-15-16-17-18-24-30-35-40-45-54-62-69-85(90)102-81(73-96-83(88)67-60-53-48-47-51-58-65-78(6)7)75-100-104(93,94)98-71-79(86)70-97-103(91,92)99-74-80(72-95-82(87)66-59-52-44-39-34-29-26-21-23-28-33-38-43-50-57-64-77(4)5)101-84(89)68-61-55-46-41-36-31-25-20-19-22-27-32-37-42-49-56-63-76(2)3/h76-81,86H,8-75H2,1-7H3,(H,91,92)(H,93,94)/t79-,80-,81-/m1/s1. The average Bonchev–Trinajstić information content (AvgIpc) is 0.905. The van der Waals surface area contributed by atoms with E-state index in [1.807, 2.05) is 0 Å².